The standard InChI is InChI=1S/C81H138O5/c1-3-5-7-9-11-13-15-17-19-21-23-25-27-29-31-33-35-36-37-38-39-40-41-42-43-44-46-48-50-52-54-56-58-60-62-64-66-68-70-72-74-76-81(84)86-79(77-82)78-85-80(83)75-73-71-69-67-65-63-61-59-57-55-53-51-49-47-45-34-32-30-28-26-24-22-20-18-16-14-12-10-8-6-4-2/h5-8,11-14,17-20,23-26,29-32,35-36,79,82H,3-4,9-10,15-16,21-22,27-28,33-34,37-78H2,1-2H3/b7-5-,8-6-,13-11-,14-12-,19-17-,20-18-,25-23-,26-24-,31-29-,32-30-,36-35-. The maximum Gasteiger partial charge on any atom is 0.306 e. The Morgan fingerprint density at radius 2 is 0.465 bits per heavy atom. The van der Waals surface area contributed by atoms with Crippen LogP contribution in [0.3, 0.4) is 0 Å². The second-order valence-corrected chi connectivity index (χ2v) is 24.3. The predicted octanol–water partition coefficient (Wildman–Crippen LogP) is 25.9. The Bertz CT molecular complexity index is 1730. The normalized spacial score (nSPS) is 13.0. The molecule has 0 aromatic rings. The maximum absolute atomic E-state index is 12.4. The molecule has 0 aliphatic rings. The molecular formula is C81H138O5. The molecule has 0 aromatic carbocycles. The highest BCUT2D eigenvalue weighted by atomic mass is 16.6. The van der Waals surface area contributed by atoms with Crippen LogP contribution < -0.4 is 0 Å². The molecule has 0 amide bonds. The SMILES string of the molecule is CC/C=C\C/C=C\C/C=C\C/C=C\C/C=C\C/C=C\CCCCCCCCCCCCCCCCCCCCCCCCC(=O)OC(CO)COC(=O)CCCCCCCCCCCCCCCCC/C=C\C/C=C\C/C=C\C/C=C\C/C=C\CC. The van der Waals surface area contributed by atoms with Crippen molar-refractivity contribution in [2.24, 2.45) is 0 Å². The van der Waals surface area contributed by atoms with Crippen molar-refractivity contribution in [2.45, 2.75) is 354 Å². The minimum Gasteiger partial charge on any atom is -0.462 e. The van der Waals surface area contributed by atoms with E-state index in [9.17, 15) is 14.7 Å². The molecule has 0 aliphatic heterocycles. The van der Waals surface area contributed by atoms with Crippen LogP contribution in [-0.4, -0.2) is 36.4 Å². The average Bonchev–Trinajstić information content (AvgIpc) is 3.54. The van der Waals surface area contributed by atoms with Crippen LogP contribution in [0.15, 0.2) is 134 Å². The lowest BCUT2D eigenvalue weighted by molar-refractivity contribution is -0.161. The molecule has 86 heavy (non-hydrogen) atoms. The summed E-state index contributed by atoms with van der Waals surface area (Å²) in [5, 5.41) is 9.72. The van der Waals surface area contributed by atoms with Crippen LogP contribution in [0.5, 0.6) is 0 Å². The molecule has 0 radical (unpaired) electrons. The number of ether oxygens (including phenoxy) is 2. The molecule has 492 valence electrons. The zero-order valence-corrected chi connectivity index (χ0v) is 56.5. The van der Waals surface area contributed by atoms with Gasteiger partial charge < -0.3 is 14.6 Å². The van der Waals surface area contributed by atoms with Crippen LogP contribution in [0.4, 0.5) is 0 Å². The van der Waals surface area contributed by atoms with Gasteiger partial charge in [0, 0.05) is 12.8 Å². The Kier molecular flexibility index (Phi) is 71.8. The zero-order valence-electron chi connectivity index (χ0n) is 56.5. The molecule has 0 heterocycles. The maximum atomic E-state index is 12.4. The summed E-state index contributed by atoms with van der Waals surface area (Å²) in [6.07, 6.45) is 112. The van der Waals surface area contributed by atoms with Crippen molar-refractivity contribution in [3.63, 3.8) is 0 Å². The molecule has 5 nitrogen and oxygen atoms in total. The van der Waals surface area contributed by atoms with Crippen LogP contribution in [-0.2, 0) is 19.1 Å². The Balaban J connectivity index is 3.44. The second kappa shape index (κ2) is 75.3. The van der Waals surface area contributed by atoms with Gasteiger partial charge in [0.1, 0.15) is 6.61 Å². The van der Waals surface area contributed by atoms with E-state index in [0.717, 1.165) is 109 Å². The van der Waals surface area contributed by atoms with Gasteiger partial charge in [-0.1, -0.05) is 359 Å². The Morgan fingerprint density at radius 1 is 0.267 bits per heavy atom. The fourth-order valence-corrected chi connectivity index (χ4v) is 10.5. The van der Waals surface area contributed by atoms with Gasteiger partial charge in [0.25, 0.3) is 0 Å². The van der Waals surface area contributed by atoms with Crippen molar-refractivity contribution in [3.05, 3.63) is 134 Å². The Morgan fingerprint density at radius 3 is 0.698 bits per heavy atom. The lowest BCUT2D eigenvalue weighted by atomic mass is 10.0. The first-order chi connectivity index (χ1) is 42.6. The smallest absolute Gasteiger partial charge is 0.306 e. The van der Waals surface area contributed by atoms with Gasteiger partial charge in [-0.3, -0.25) is 9.59 Å². The highest BCUT2D eigenvalue weighted by Gasteiger charge is 2.16. The summed E-state index contributed by atoms with van der Waals surface area (Å²) in [6, 6.07) is 0. The van der Waals surface area contributed by atoms with E-state index in [2.05, 4.69) is 148 Å². The molecule has 1 unspecified atom stereocenters. The monoisotopic (exact) mass is 1190 g/mol. The van der Waals surface area contributed by atoms with Gasteiger partial charge in [0.2, 0.25) is 0 Å². The van der Waals surface area contributed by atoms with Crippen molar-refractivity contribution in [1.29, 1.82) is 0 Å². The summed E-state index contributed by atoms with van der Waals surface area (Å²) in [7, 11) is 0. The number of carbonyl (C=O) groups is 2. The van der Waals surface area contributed by atoms with E-state index in [1.165, 1.54) is 212 Å². The molecule has 0 aliphatic carbocycles. The van der Waals surface area contributed by atoms with Crippen LogP contribution in [0.2, 0.25) is 0 Å². The summed E-state index contributed by atoms with van der Waals surface area (Å²) >= 11 is 0. The number of carbonyl (C=O) groups excluding carboxylic acids is 2. The molecular weight excluding hydrogens is 1050 g/mol. The van der Waals surface area contributed by atoms with Gasteiger partial charge in [0.15, 0.2) is 6.10 Å². The minimum atomic E-state index is -0.778. The zero-order chi connectivity index (χ0) is 61.9. The third kappa shape index (κ3) is 72.5. The van der Waals surface area contributed by atoms with Gasteiger partial charge >= 0.3 is 11.9 Å². The van der Waals surface area contributed by atoms with Gasteiger partial charge in [-0.2, -0.15) is 0 Å². The molecule has 1 N–H and O–H groups in total. The van der Waals surface area contributed by atoms with Gasteiger partial charge in [-0.05, 0) is 109 Å². The molecule has 0 aromatic heterocycles. The lowest BCUT2D eigenvalue weighted by Gasteiger charge is -2.15. The third-order valence-electron chi connectivity index (χ3n) is 15.9. The largest absolute Gasteiger partial charge is 0.462 e. The molecule has 0 fully saturated rings. The fraction of sp³-hybridized carbons (Fsp3) is 0.704. The third-order valence-corrected chi connectivity index (χ3v) is 15.9. The predicted molar refractivity (Wildman–Crippen MR) is 380 cm³/mol. The second-order valence-electron chi connectivity index (χ2n) is 24.3. The van der Waals surface area contributed by atoms with Gasteiger partial charge in [-0.25, -0.2) is 0 Å². The number of aliphatic hydroxyl groups is 1. The van der Waals surface area contributed by atoms with Crippen LogP contribution >= 0.6 is 0 Å². The van der Waals surface area contributed by atoms with Crippen molar-refractivity contribution < 1.29 is 24.2 Å². The fourth-order valence-electron chi connectivity index (χ4n) is 10.5. The Labute approximate surface area is 534 Å². The van der Waals surface area contributed by atoms with Crippen LogP contribution in [0, 0.1) is 0 Å². The number of aliphatic hydroxyl groups excluding tert-OH is 1. The van der Waals surface area contributed by atoms with E-state index in [0.29, 0.717) is 12.8 Å². The van der Waals surface area contributed by atoms with E-state index in [-0.39, 0.29) is 25.2 Å². The number of hydrogen-bond donors (Lipinski definition) is 1. The number of unbranched alkanes of at least 4 members (excludes halogenated alkanes) is 37. The molecule has 0 rings (SSSR count). The molecule has 5 heteroatoms. The van der Waals surface area contributed by atoms with Crippen LogP contribution in [0.1, 0.15) is 348 Å². The number of hydrogen-bond acceptors (Lipinski definition) is 5. The average molecular weight is 1190 g/mol. The molecule has 1 atom stereocenters. The van der Waals surface area contributed by atoms with Crippen molar-refractivity contribution in [1.82, 2.24) is 0 Å². The summed E-state index contributed by atoms with van der Waals surface area (Å²) in [5.41, 5.74) is 0. The van der Waals surface area contributed by atoms with Gasteiger partial charge in [-0.15, -0.1) is 0 Å². The molecule has 0 bridgehead atoms. The summed E-state index contributed by atoms with van der Waals surface area (Å²) < 4.78 is 10.8. The first kappa shape index (κ1) is 82.0. The topological polar surface area (TPSA) is 72.8 Å². The van der Waals surface area contributed by atoms with Crippen molar-refractivity contribution >= 4 is 11.9 Å². The first-order valence-corrected chi connectivity index (χ1v) is 36.7. The summed E-state index contributed by atoms with van der Waals surface area (Å²) in [6.45, 7) is 3.94. The number of esters is 2. The molecule has 0 saturated heterocycles. The van der Waals surface area contributed by atoms with Crippen LogP contribution in [0.25, 0.3) is 0 Å². The summed E-state index contributed by atoms with van der Waals surface area (Å²) in [4.78, 5) is 24.7. The highest BCUT2D eigenvalue weighted by molar-refractivity contribution is 5.70. The van der Waals surface area contributed by atoms with E-state index >= 15 is 0 Å². The Hall–Kier alpha value is -3.96. The van der Waals surface area contributed by atoms with Gasteiger partial charge in [0.05, 0.1) is 6.61 Å². The minimum absolute atomic E-state index is 0.0669. The number of allylic oxidation sites excluding steroid dienone is 22. The lowest BCUT2D eigenvalue weighted by Crippen LogP contribution is -2.28. The van der Waals surface area contributed by atoms with Crippen molar-refractivity contribution in [2.75, 3.05) is 13.2 Å². The first-order valence-electron chi connectivity index (χ1n) is 36.7. The quantitative estimate of drug-likeness (QED) is 0.0373. The van der Waals surface area contributed by atoms with Crippen molar-refractivity contribution in [3.8, 4) is 0 Å². The van der Waals surface area contributed by atoms with E-state index < -0.39 is 6.10 Å². The summed E-state index contributed by atoms with van der Waals surface area (Å²) in [5.74, 6) is -0.579. The van der Waals surface area contributed by atoms with E-state index in [4.69, 9.17) is 9.47 Å². The highest BCUT2D eigenvalue weighted by Crippen LogP contribution is 2.18. The molecule has 0 spiro atoms. The molecule has 0 saturated carbocycles. The van der Waals surface area contributed by atoms with E-state index in [1.807, 2.05) is 0 Å². The van der Waals surface area contributed by atoms with E-state index in [1.54, 1.807) is 0 Å². The number of rotatable bonds is 67.